The Balaban J connectivity index is 0.00000294. The molecule has 1 aromatic carbocycles. The zero-order chi connectivity index (χ0) is 28.2. The SMILES string of the molecule is CC1=CC[C@@H]2[C@@H](C1)c1c(OC(=O)CCCN3CCN(C)CC3)cc(C(C)(C)CCCCC#N)cc1OC2(C)C.Cl.Cl. The zero-order valence-electron chi connectivity index (χ0n) is 26.0. The van der Waals surface area contributed by atoms with Crippen molar-refractivity contribution in [2.24, 2.45) is 5.92 Å². The van der Waals surface area contributed by atoms with E-state index >= 15 is 0 Å². The van der Waals surface area contributed by atoms with E-state index in [0.717, 1.165) is 88.1 Å². The minimum atomic E-state index is -0.297. The van der Waals surface area contributed by atoms with Crippen molar-refractivity contribution in [2.45, 2.75) is 103 Å². The predicted octanol–water partition coefficient (Wildman–Crippen LogP) is 7.44. The average Bonchev–Trinajstić information content (AvgIpc) is 2.87. The van der Waals surface area contributed by atoms with E-state index in [-0.39, 0.29) is 47.7 Å². The summed E-state index contributed by atoms with van der Waals surface area (Å²) in [6.07, 6.45) is 8.96. The van der Waals surface area contributed by atoms with E-state index in [1.54, 1.807) is 0 Å². The van der Waals surface area contributed by atoms with Gasteiger partial charge in [-0.3, -0.25) is 4.79 Å². The molecule has 2 atom stereocenters. The summed E-state index contributed by atoms with van der Waals surface area (Å²) in [4.78, 5) is 18.0. The first-order valence-electron chi connectivity index (χ1n) is 15.0. The second kappa shape index (κ2) is 15.1. The molecule has 0 amide bonds. The summed E-state index contributed by atoms with van der Waals surface area (Å²) in [5, 5.41) is 8.95. The van der Waals surface area contributed by atoms with Gasteiger partial charge in [0.25, 0.3) is 0 Å². The van der Waals surface area contributed by atoms with Gasteiger partial charge in [-0.25, -0.2) is 0 Å². The molecular formula is C33H51Cl2N3O3. The lowest BCUT2D eigenvalue weighted by Crippen LogP contribution is -2.45. The summed E-state index contributed by atoms with van der Waals surface area (Å²) >= 11 is 0. The molecule has 230 valence electrons. The lowest BCUT2D eigenvalue weighted by atomic mass is 9.66. The van der Waals surface area contributed by atoms with E-state index in [0.29, 0.717) is 24.5 Å². The summed E-state index contributed by atoms with van der Waals surface area (Å²) in [5.74, 6) is 2.03. The first-order valence-corrected chi connectivity index (χ1v) is 15.0. The lowest BCUT2D eigenvalue weighted by Gasteiger charge is -2.47. The van der Waals surface area contributed by atoms with Crippen LogP contribution >= 0.6 is 24.8 Å². The standard InChI is InChI=1S/C33H49N3O3.2ClH/c1-24-12-13-27-26(21-24)31-28(38-30(37)11-10-16-36-19-17-35(6)18-20-36)22-25(23-29(31)39-33(27,4)5)32(2,3)14-8-7-9-15-34;;/h12,22-23,26-27H,7-11,13-14,16-21H2,1-6H3;2*1H/t26-,27-;;/m1../s1. The summed E-state index contributed by atoms with van der Waals surface area (Å²) in [5.41, 5.74) is 3.18. The number of nitriles is 1. The molecule has 4 rings (SSSR count). The minimum absolute atomic E-state index is 0. The van der Waals surface area contributed by atoms with Crippen LogP contribution in [0.15, 0.2) is 23.8 Å². The third kappa shape index (κ3) is 8.86. The van der Waals surface area contributed by atoms with Crippen molar-refractivity contribution in [3.63, 3.8) is 0 Å². The number of hydrogen-bond donors (Lipinski definition) is 0. The Morgan fingerprint density at radius 3 is 2.54 bits per heavy atom. The van der Waals surface area contributed by atoms with Gasteiger partial charge < -0.3 is 19.3 Å². The van der Waals surface area contributed by atoms with Gasteiger partial charge >= 0.3 is 5.97 Å². The molecule has 1 saturated heterocycles. The molecular weight excluding hydrogens is 557 g/mol. The first-order chi connectivity index (χ1) is 18.5. The van der Waals surface area contributed by atoms with E-state index in [2.05, 4.69) is 75.7 Å². The van der Waals surface area contributed by atoms with Crippen LogP contribution in [0.1, 0.15) is 103 Å². The van der Waals surface area contributed by atoms with Gasteiger partial charge in [-0.05, 0) is 89.6 Å². The Labute approximate surface area is 260 Å². The summed E-state index contributed by atoms with van der Waals surface area (Å²) in [7, 11) is 2.16. The van der Waals surface area contributed by atoms with E-state index < -0.39 is 0 Å². The molecule has 0 saturated carbocycles. The fourth-order valence-electron chi connectivity index (χ4n) is 6.63. The molecule has 6 nitrogen and oxygen atoms in total. The number of likely N-dealkylation sites (N-methyl/N-ethyl adjacent to an activating group) is 1. The van der Waals surface area contributed by atoms with E-state index in [1.165, 1.54) is 5.57 Å². The number of unbranched alkanes of at least 4 members (excludes halogenated alkanes) is 2. The van der Waals surface area contributed by atoms with Crippen molar-refractivity contribution in [1.82, 2.24) is 9.80 Å². The number of fused-ring (bicyclic) bond motifs is 3. The molecule has 0 bridgehead atoms. The number of allylic oxidation sites excluding steroid dienone is 2. The van der Waals surface area contributed by atoms with Crippen LogP contribution in [0.25, 0.3) is 0 Å². The summed E-state index contributed by atoms with van der Waals surface area (Å²) < 4.78 is 13.0. The molecule has 8 heteroatoms. The number of carbonyl (C=O) groups is 1. The van der Waals surface area contributed by atoms with Crippen LogP contribution in [0.4, 0.5) is 0 Å². The smallest absolute Gasteiger partial charge is 0.311 e. The average molecular weight is 609 g/mol. The molecule has 0 spiro atoms. The molecule has 2 aliphatic heterocycles. The van der Waals surface area contributed by atoms with Crippen LogP contribution in [0.5, 0.6) is 11.5 Å². The van der Waals surface area contributed by atoms with Crippen molar-refractivity contribution >= 4 is 30.8 Å². The maximum absolute atomic E-state index is 13.2. The number of esters is 1. The van der Waals surface area contributed by atoms with Crippen molar-refractivity contribution in [3.8, 4) is 17.6 Å². The van der Waals surface area contributed by atoms with Gasteiger partial charge in [0.15, 0.2) is 0 Å². The van der Waals surface area contributed by atoms with E-state index in [9.17, 15) is 4.79 Å². The van der Waals surface area contributed by atoms with Crippen LogP contribution in [-0.4, -0.2) is 61.1 Å². The molecule has 1 aliphatic carbocycles. The van der Waals surface area contributed by atoms with Gasteiger partial charge in [-0.15, -0.1) is 24.8 Å². The fourth-order valence-corrected chi connectivity index (χ4v) is 6.63. The number of halogens is 2. The van der Waals surface area contributed by atoms with Crippen molar-refractivity contribution in [1.29, 1.82) is 5.26 Å². The minimum Gasteiger partial charge on any atom is -0.487 e. The van der Waals surface area contributed by atoms with Crippen LogP contribution in [0.2, 0.25) is 0 Å². The Bertz CT molecular complexity index is 1100. The fraction of sp³-hybridized carbons (Fsp3) is 0.697. The lowest BCUT2D eigenvalue weighted by molar-refractivity contribution is -0.134. The monoisotopic (exact) mass is 607 g/mol. The Morgan fingerprint density at radius 2 is 1.85 bits per heavy atom. The van der Waals surface area contributed by atoms with Gasteiger partial charge in [0.1, 0.15) is 17.1 Å². The molecule has 41 heavy (non-hydrogen) atoms. The maximum Gasteiger partial charge on any atom is 0.311 e. The number of rotatable bonds is 10. The Hall–Kier alpha value is -1.78. The van der Waals surface area contributed by atoms with Crippen LogP contribution in [0, 0.1) is 17.2 Å². The maximum atomic E-state index is 13.2. The molecule has 1 fully saturated rings. The number of carbonyl (C=O) groups excluding carboxylic acids is 1. The van der Waals surface area contributed by atoms with Crippen molar-refractivity contribution < 1.29 is 14.3 Å². The van der Waals surface area contributed by atoms with Gasteiger partial charge in [-0.1, -0.05) is 31.9 Å². The largest absolute Gasteiger partial charge is 0.487 e. The Morgan fingerprint density at radius 1 is 1.15 bits per heavy atom. The summed E-state index contributed by atoms with van der Waals surface area (Å²) in [6.45, 7) is 16.3. The second-order valence-electron chi connectivity index (χ2n) is 13.3. The summed E-state index contributed by atoms with van der Waals surface area (Å²) in [6, 6.07) is 6.58. The van der Waals surface area contributed by atoms with Crippen LogP contribution < -0.4 is 9.47 Å². The molecule has 0 radical (unpaired) electrons. The first kappa shape index (κ1) is 35.4. The normalized spacial score (nSPS) is 22.0. The van der Waals surface area contributed by atoms with Gasteiger partial charge in [0.05, 0.1) is 6.07 Å². The Kier molecular flexibility index (Phi) is 13.0. The quantitative estimate of drug-likeness (QED) is 0.119. The van der Waals surface area contributed by atoms with Gasteiger partial charge in [0.2, 0.25) is 0 Å². The molecule has 3 aliphatic rings. The van der Waals surface area contributed by atoms with Crippen molar-refractivity contribution in [3.05, 3.63) is 34.9 Å². The molecule has 0 N–H and O–H groups in total. The molecule has 0 unspecified atom stereocenters. The van der Waals surface area contributed by atoms with Gasteiger partial charge in [-0.2, -0.15) is 5.26 Å². The predicted molar refractivity (Wildman–Crippen MR) is 171 cm³/mol. The van der Waals surface area contributed by atoms with Crippen molar-refractivity contribution in [2.75, 3.05) is 39.8 Å². The highest BCUT2D eigenvalue weighted by atomic mass is 35.5. The second-order valence-corrected chi connectivity index (χ2v) is 13.3. The highest BCUT2D eigenvalue weighted by molar-refractivity contribution is 5.85. The number of hydrogen-bond acceptors (Lipinski definition) is 6. The van der Waals surface area contributed by atoms with E-state index in [1.807, 2.05) is 0 Å². The van der Waals surface area contributed by atoms with E-state index in [4.69, 9.17) is 14.7 Å². The third-order valence-corrected chi connectivity index (χ3v) is 9.29. The topological polar surface area (TPSA) is 65.8 Å². The molecule has 2 heterocycles. The number of benzene rings is 1. The number of piperazine rings is 1. The molecule has 0 aromatic heterocycles. The van der Waals surface area contributed by atoms with Gasteiger partial charge in [0, 0.05) is 56.4 Å². The number of nitrogens with zero attached hydrogens (tertiary/aromatic N) is 3. The van der Waals surface area contributed by atoms with Crippen LogP contribution in [0.3, 0.4) is 0 Å². The zero-order valence-corrected chi connectivity index (χ0v) is 27.6. The highest BCUT2D eigenvalue weighted by Gasteiger charge is 2.46. The van der Waals surface area contributed by atoms with Crippen LogP contribution in [-0.2, 0) is 10.2 Å². The third-order valence-electron chi connectivity index (χ3n) is 9.29. The highest BCUT2D eigenvalue weighted by Crippen LogP contribution is 2.55. The number of ether oxygens (including phenoxy) is 2. The molecule has 1 aromatic rings.